The zero-order chi connectivity index (χ0) is 60.5. The van der Waals surface area contributed by atoms with Gasteiger partial charge >= 0.3 is 11.9 Å². The molecule has 0 aliphatic heterocycles. The van der Waals surface area contributed by atoms with Crippen LogP contribution in [0.2, 0.25) is 0 Å². The molecule has 1 N–H and O–H groups in total. The van der Waals surface area contributed by atoms with Gasteiger partial charge < -0.3 is 14.6 Å². The van der Waals surface area contributed by atoms with E-state index in [1.807, 2.05) is 0 Å². The van der Waals surface area contributed by atoms with Gasteiger partial charge in [0.25, 0.3) is 0 Å². The van der Waals surface area contributed by atoms with Gasteiger partial charge in [0.15, 0.2) is 6.10 Å². The Morgan fingerprint density at radius 3 is 0.714 bits per heavy atom. The van der Waals surface area contributed by atoms with E-state index in [1.54, 1.807) is 0 Å². The molecule has 84 heavy (non-hydrogen) atoms. The normalized spacial score (nSPS) is 12.3. The van der Waals surface area contributed by atoms with Crippen molar-refractivity contribution in [2.24, 2.45) is 0 Å². The van der Waals surface area contributed by atoms with Crippen LogP contribution in [0.3, 0.4) is 0 Å². The smallest absolute Gasteiger partial charge is 0.306 e. The molecule has 0 aromatic heterocycles. The van der Waals surface area contributed by atoms with Crippen LogP contribution in [0.5, 0.6) is 0 Å². The second-order valence-electron chi connectivity index (χ2n) is 26.4. The lowest BCUT2D eigenvalue weighted by Crippen LogP contribution is -2.28. The Morgan fingerprint density at radius 1 is 0.274 bits per heavy atom. The number of aliphatic hydroxyl groups is 1. The maximum atomic E-state index is 12.4. The minimum absolute atomic E-state index is 0.0603. The first-order valence-electron chi connectivity index (χ1n) is 38.5. The van der Waals surface area contributed by atoms with Crippen molar-refractivity contribution in [3.8, 4) is 0 Å². The van der Waals surface area contributed by atoms with Crippen LogP contribution in [0.4, 0.5) is 0 Å². The van der Waals surface area contributed by atoms with Crippen molar-refractivity contribution in [1.82, 2.24) is 0 Å². The standard InChI is InChI=1S/C79H150O5/c1-3-5-7-9-11-13-15-17-19-21-23-25-27-29-31-33-34-35-36-37-38-39-40-41-42-43-44-46-47-49-51-53-55-57-59-61-63-65-67-69-71-73-78(81)83-76-77(75-80)84-79(82)74-72-70-68-66-64-62-60-58-56-54-52-50-48-45-32-30-28-26-24-22-20-18-16-14-12-10-8-6-4-2/h16,18,22,24,28,30,77,80H,3-15,17,19-21,23,25-27,29,31-76H2,1-2H3/b18-16-,24-22-,30-28-. The van der Waals surface area contributed by atoms with E-state index in [4.69, 9.17) is 9.47 Å². The summed E-state index contributed by atoms with van der Waals surface area (Å²) in [5.74, 6) is -0.567. The molecule has 0 aliphatic carbocycles. The topological polar surface area (TPSA) is 72.8 Å². The van der Waals surface area contributed by atoms with E-state index in [0.717, 1.165) is 44.9 Å². The molecular weight excluding hydrogens is 1030 g/mol. The number of allylic oxidation sites excluding steroid dienone is 6. The number of rotatable bonds is 73. The Bertz CT molecular complexity index is 1340. The molecule has 0 amide bonds. The summed E-state index contributed by atoms with van der Waals surface area (Å²) in [6, 6.07) is 0. The molecule has 5 nitrogen and oxygen atoms in total. The average Bonchev–Trinajstić information content (AvgIpc) is 3.51. The van der Waals surface area contributed by atoms with Crippen LogP contribution in [0.15, 0.2) is 36.5 Å². The van der Waals surface area contributed by atoms with Crippen LogP contribution in [0.25, 0.3) is 0 Å². The third-order valence-electron chi connectivity index (χ3n) is 17.9. The van der Waals surface area contributed by atoms with Crippen LogP contribution in [0, 0.1) is 0 Å². The van der Waals surface area contributed by atoms with Crippen molar-refractivity contribution in [2.75, 3.05) is 13.2 Å². The molecule has 0 fully saturated rings. The van der Waals surface area contributed by atoms with Gasteiger partial charge in [-0.25, -0.2) is 0 Å². The zero-order valence-corrected chi connectivity index (χ0v) is 57.2. The predicted octanol–water partition coefficient (Wildman–Crippen LogP) is 26.9. The number of hydrogen-bond donors (Lipinski definition) is 1. The SMILES string of the molecule is CCCCCCC/C=C\C/C=C\C/C=C\CCCCCCCCCCCCCCCCC(=O)OC(CO)COC(=O)CCCCCCCCCCCCCCCCCCCCCCCCCCCCCCCCCCCCCCCCCCC. The summed E-state index contributed by atoms with van der Waals surface area (Å²) in [5, 5.41) is 9.71. The Labute approximate surface area is 526 Å². The highest BCUT2D eigenvalue weighted by Gasteiger charge is 2.16. The zero-order valence-electron chi connectivity index (χ0n) is 57.2. The van der Waals surface area contributed by atoms with Gasteiger partial charge in [0, 0.05) is 12.8 Å². The van der Waals surface area contributed by atoms with Crippen molar-refractivity contribution in [3.05, 3.63) is 36.5 Å². The Kier molecular flexibility index (Phi) is 73.7. The molecule has 1 atom stereocenters. The maximum absolute atomic E-state index is 12.4. The van der Waals surface area contributed by atoms with Crippen LogP contribution in [0.1, 0.15) is 438 Å². The number of carbonyl (C=O) groups excluding carboxylic acids is 2. The number of hydrogen-bond acceptors (Lipinski definition) is 5. The summed E-state index contributed by atoms with van der Waals surface area (Å²) in [6.07, 6.45) is 101. The van der Waals surface area contributed by atoms with Crippen molar-refractivity contribution < 1.29 is 24.2 Å². The molecule has 0 aliphatic rings. The molecule has 0 bridgehead atoms. The van der Waals surface area contributed by atoms with Gasteiger partial charge in [-0.2, -0.15) is 0 Å². The molecule has 0 heterocycles. The molecule has 1 unspecified atom stereocenters. The van der Waals surface area contributed by atoms with Crippen LogP contribution < -0.4 is 0 Å². The first-order chi connectivity index (χ1) is 41.6. The van der Waals surface area contributed by atoms with E-state index >= 15 is 0 Å². The molecule has 0 rings (SSSR count). The maximum Gasteiger partial charge on any atom is 0.306 e. The fourth-order valence-corrected chi connectivity index (χ4v) is 12.2. The van der Waals surface area contributed by atoms with Gasteiger partial charge in [0.1, 0.15) is 6.61 Å². The highest BCUT2D eigenvalue weighted by Crippen LogP contribution is 2.20. The molecular formula is C79H150O5. The van der Waals surface area contributed by atoms with E-state index < -0.39 is 6.10 Å². The summed E-state index contributed by atoms with van der Waals surface area (Å²) in [7, 11) is 0. The summed E-state index contributed by atoms with van der Waals surface area (Å²) < 4.78 is 10.8. The number of aliphatic hydroxyl groups excluding tert-OH is 1. The quantitative estimate of drug-likeness (QED) is 0.0373. The molecule has 0 saturated heterocycles. The van der Waals surface area contributed by atoms with Gasteiger partial charge in [-0.3, -0.25) is 9.59 Å². The molecule has 0 saturated carbocycles. The fraction of sp³-hybridized carbons (Fsp3) is 0.899. The molecule has 0 radical (unpaired) electrons. The van der Waals surface area contributed by atoms with E-state index in [9.17, 15) is 14.7 Å². The number of carbonyl (C=O) groups is 2. The Balaban J connectivity index is 3.36. The van der Waals surface area contributed by atoms with E-state index in [1.165, 1.54) is 366 Å². The van der Waals surface area contributed by atoms with Gasteiger partial charge in [-0.15, -0.1) is 0 Å². The van der Waals surface area contributed by atoms with Crippen molar-refractivity contribution in [3.63, 3.8) is 0 Å². The lowest BCUT2D eigenvalue weighted by atomic mass is 10.0. The summed E-state index contributed by atoms with van der Waals surface area (Å²) in [6.45, 7) is 4.20. The molecule has 0 spiro atoms. The average molecular weight is 1180 g/mol. The van der Waals surface area contributed by atoms with Crippen molar-refractivity contribution in [1.29, 1.82) is 0 Å². The number of ether oxygens (including phenoxy) is 2. The lowest BCUT2D eigenvalue weighted by molar-refractivity contribution is -0.161. The summed E-state index contributed by atoms with van der Waals surface area (Å²) in [5.41, 5.74) is 0. The van der Waals surface area contributed by atoms with Crippen LogP contribution in [-0.2, 0) is 19.1 Å². The number of esters is 2. The first-order valence-corrected chi connectivity index (χ1v) is 38.5. The third kappa shape index (κ3) is 72.6. The van der Waals surface area contributed by atoms with Gasteiger partial charge in [0.2, 0.25) is 0 Å². The van der Waals surface area contributed by atoms with Gasteiger partial charge in [-0.1, -0.05) is 410 Å². The first kappa shape index (κ1) is 82.1. The Hall–Kier alpha value is -1.88. The third-order valence-corrected chi connectivity index (χ3v) is 17.9. The van der Waals surface area contributed by atoms with E-state index in [-0.39, 0.29) is 25.2 Å². The lowest BCUT2D eigenvalue weighted by Gasteiger charge is -2.15. The van der Waals surface area contributed by atoms with E-state index in [0.29, 0.717) is 12.8 Å². The summed E-state index contributed by atoms with van der Waals surface area (Å²) >= 11 is 0. The largest absolute Gasteiger partial charge is 0.462 e. The van der Waals surface area contributed by atoms with Gasteiger partial charge in [-0.05, 0) is 51.4 Å². The second kappa shape index (κ2) is 75.4. The molecule has 0 aromatic carbocycles. The predicted molar refractivity (Wildman–Crippen MR) is 371 cm³/mol. The van der Waals surface area contributed by atoms with Crippen molar-refractivity contribution >= 4 is 11.9 Å². The molecule has 5 heteroatoms. The number of unbranched alkanes of at least 4 members (excludes halogenated alkanes) is 59. The highest BCUT2D eigenvalue weighted by molar-refractivity contribution is 5.70. The van der Waals surface area contributed by atoms with Crippen LogP contribution >= 0.6 is 0 Å². The Morgan fingerprint density at radius 2 is 0.476 bits per heavy atom. The highest BCUT2D eigenvalue weighted by atomic mass is 16.6. The second-order valence-corrected chi connectivity index (χ2v) is 26.4. The summed E-state index contributed by atoms with van der Waals surface area (Å²) in [4.78, 5) is 24.7. The fourth-order valence-electron chi connectivity index (χ4n) is 12.2. The molecule has 496 valence electrons. The monoisotopic (exact) mass is 1180 g/mol. The molecule has 0 aromatic rings. The van der Waals surface area contributed by atoms with Crippen LogP contribution in [-0.4, -0.2) is 36.4 Å². The van der Waals surface area contributed by atoms with Crippen molar-refractivity contribution in [2.45, 2.75) is 444 Å². The van der Waals surface area contributed by atoms with E-state index in [2.05, 4.69) is 50.3 Å². The minimum Gasteiger partial charge on any atom is -0.462 e. The minimum atomic E-state index is -0.772. The van der Waals surface area contributed by atoms with Gasteiger partial charge in [0.05, 0.1) is 6.61 Å².